The van der Waals surface area contributed by atoms with Crippen molar-refractivity contribution < 1.29 is 13.2 Å². The molecule has 9 heteroatoms. The fourth-order valence-electron chi connectivity index (χ4n) is 3.75. The van der Waals surface area contributed by atoms with E-state index in [0.29, 0.717) is 18.3 Å². The number of amides is 1. The molecule has 0 aromatic heterocycles. The molecule has 1 N–H and O–H groups in total. The zero-order valence-electron chi connectivity index (χ0n) is 17.2. The topological polar surface area (TPSA) is 103 Å². The molecule has 0 aliphatic carbocycles. The number of sulfone groups is 1. The Morgan fingerprint density at radius 2 is 1.78 bits per heavy atom. The number of carbonyl (C=O) groups excluding carboxylic acids is 1. The van der Waals surface area contributed by atoms with Crippen molar-refractivity contribution in [2.45, 2.75) is 24.4 Å². The van der Waals surface area contributed by atoms with Gasteiger partial charge in [-0.2, -0.15) is 5.26 Å². The van der Waals surface area contributed by atoms with E-state index in [9.17, 15) is 18.5 Å². The van der Waals surface area contributed by atoms with Crippen LogP contribution in [0.3, 0.4) is 0 Å². The number of benzene rings is 2. The molecule has 2 aliphatic rings. The minimum atomic E-state index is -3.09. The molecule has 4 rings (SSSR count). The van der Waals surface area contributed by atoms with E-state index in [4.69, 9.17) is 0 Å². The molecule has 2 aromatic rings. The Morgan fingerprint density at radius 1 is 1.12 bits per heavy atom. The number of amidine groups is 1. The van der Waals surface area contributed by atoms with Gasteiger partial charge in [-0.3, -0.25) is 4.79 Å². The lowest BCUT2D eigenvalue weighted by molar-refractivity contribution is -0.117. The van der Waals surface area contributed by atoms with Crippen LogP contribution in [0.2, 0.25) is 0 Å². The molecule has 2 saturated heterocycles. The van der Waals surface area contributed by atoms with Crippen molar-refractivity contribution in [3.05, 3.63) is 83.6 Å². The van der Waals surface area contributed by atoms with Crippen molar-refractivity contribution in [3.63, 3.8) is 0 Å². The molecule has 164 valence electrons. The van der Waals surface area contributed by atoms with E-state index >= 15 is 0 Å². The zero-order valence-corrected chi connectivity index (χ0v) is 18.8. The molecule has 7 nitrogen and oxygen atoms in total. The van der Waals surface area contributed by atoms with E-state index < -0.39 is 15.7 Å². The normalized spacial score (nSPS) is 23.0. The largest absolute Gasteiger partial charge is 0.347 e. The van der Waals surface area contributed by atoms with Crippen LogP contribution < -0.4 is 5.32 Å². The van der Waals surface area contributed by atoms with Crippen LogP contribution in [0.15, 0.2) is 77.4 Å². The van der Waals surface area contributed by atoms with Crippen molar-refractivity contribution in [1.82, 2.24) is 10.2 Å². The van der Waals surface area contributed by atoms with Gasteiger partial charge < -0.3 is 10.2 Å². The van der Waals surface area contributed by atoms with Gasteiger partial charge in [-0.1, -0.05) is 72.4 Å². The number of thioether (sulfide) groups is 1. The third-order valence-electron chi connectivity index (χ3n) is 5.34. The summed E-state index contributed by atoms with van der Waals surface area (Å²) in [4.78, 5) is 18.9. The maximum Gasteiger partial charge on any atom is 0.263 e. The highest BCUT2D eigenvalue weighted by atomic mass is 32.2. The highest BCUT2D eigenvalue weighted by Gasteiger charge is 2.48. The molecule has 0 radical (unpaired) electrons. The van der Waals surface area contributed by atoms with E-state index in [0.717, 1.165) is 11.1 Å². The molecule has 32 heavy (non-hydrogen) atoms. The number of rotatable bonds is 6. The summed E-state index contributed by atoms with van der Waals surface area (Å²) in [6.07, 6.45) is 1.27. The van der Waals surface area contributed by atoms with Gasteiger partial charge in [-0.05, 0) is 11.1 Å². The molecule has 2 aliphatic heterocycles. The second kappa shape index (κ2) is 9.59. The van der Waals surface area contributed by atoms with Gasteiger partial charge in [0.15, 0.2) is 15.0 Å². The van der Waals surface area contributed by atoms with E-state index in [-0.39, 0.29) is 28.4 Å². The highest BCUT2D eigenvalue weighted by Crippen LogP contribution is 2.39. The fraction of sp³-hybridized carbons (Fsp3) is 0.261. The summed E-state index contributed by atoms with van der Waals surface area (Å²) >= 11 is 1.40. The highest BCUT2D eigenvalue weighted by molar-refractivity contribution is 8.15. The van der Waals surface area contributed by atoms with Crippen molar-refractivity contribution in [1.29, 1.82) is 5.26 Å². The summed E-state index contributed by atoms with van der Waals surface area (Å²) in [5.41, 5.74) is 1.87. The first-order valence-electron chi connectivity index (χ1n) is 10.1. The molecule has 0 bridgehead atoms. The van der Waals surface area contributed by atoms with Gasteiger partial charge in [-0.15, -0.1) is 0 Å². The molecular formula is C23H22N4O3S2. The predicted molar refractivity (Wildman–Crippen MR) is 125 cm³/mol. The number of hydrogen-bond acceptors (Lipinski definition) is 6. The first-order chi connectivity index (χ1) is 15.4. The van der Waals surface area contributed by atoms with Crippen LogP contribution in [-0.2, 0) is 27.7 Å². The van der Waals surface area contributed by atoms with Crippen molar-refractivity contribution in [3.8, 4) is 6.07 Å². The standard InChI is InChI=1S/C23H22N4O3S2/c24-11-19(22(28)25-12-17-7-3-1-4-8-17)13-26-23-27(14-18-9-5-2-6-10-18)20-15-32(29,30)16-21(20)31-23/h1-10,13,20-21H,12,14-16H2,(H,25,28)/b19-13+,26-23?. The van der Waals surface area contributed by atoms with Crippen molar-refractivity contribution in [2.24, 2.45) is 4.99 Å². The average molecular weight is 467 g/mol. The van der Waals surface area contributed by atoms with Crippen LogP contribution in [-0.4, -0.2) is 47.2 Å². The van der Waals surface area contributed by atoms with Gasteiger partial charge in [0.2, 0.25) is 0 Å². The summed E-state index contributed by atoms with van der Waals surface area (Å²) in [5.74, 6) is -0.303. The monoisotopic (exact) mass is 466 g/mol. The molecule has 2 heterocycles. The molecule has 2 fully saturated rings. The predicted octanol–water partition coefficient (Wildman–Crippen LogP) is 2.48. The Hall–Kier alpha value is -3.09. The van der Waals surface area contributed by atoms with E-state index in [2.05, 4.69) is 10.3 Å². The van der Waals surface area contributed by atoms with Crippen LogP contribution in [0.25, 0.3) is 0 Å². The van der Waals surface area contributed by atoms with E-state index in [1.54, 1.807) is 0 Å². The van der Waals surface area contributed by atoms with Gasteiger partial charge in [0.1, 0.15) is 11.6 Å². The number of nitriles is 1. The Kier molecular flexibility index (Phi) is 6.63. The first kappa shape index (κ1) is 22.1. The zero-order chi connectivity index (χ0) is 22.6. The Labute approximate surface area is 191 Å². The Balaban J connectivity index is 1.52. The summed E-state index contributed by atoms with van der Waals surface area (Å²) < 4.78 is 24.3. The summed E-state index contributed by atoms with van der Waals surface area (Å²) in [7, 11) is -3.09. The summed E-state index contributed by atoms with van der Waals surface area (Å²) in [5, 5.41) is 12.7. The molecule has 2 unspecified atom stereocenters. The molecule has 0 saturated carbocycles. The number of nitrogens with zero attached hydrogens (tertiary/aromatic N) is 3. The lowest BCUT2D eigenvalue weighted by Crippen LogP contribution is -2.36. The molecule has 2 atom stereocenters. The van der Waals surface area contributed by atoms with Crippen molar-refractivity contribution in [2.75, 3.05) is 11.5 Å². The number of carbonyl (C=O) groups is 1. The molecule has 2 aromatic carbocycles. The van der Waals surface area contributed by atoms with E-state index in [1.165, 1.54) is 18.0 Å². The van der Waals surface area contributed by atoms with Crippen LogP contribution >= 0.6 is 11.8 Å². The minimum absolute atomic E-state index is 0.0862. The molecule has 0 spiro atoms. The molecular weight excluding hydrogens is 444 g/mol. The summed E-state index contributed by atoms with van der Waals surface area (Å²) in [6, 6.07) is 20.9. The Bertz CT molecular complexity index is 1190. The second-order valence-electron chi connectivity index (χ2n) is 7.65. The third-order valence-corrected chi connectivity index (χ3v) is 8.60. The first-order valence-corrected chi connectivity index (χ1v) is 12.8. The van der Waals surface area contributed by atoms with Crippen LogP contribution in [0.4, 0.5) is 0 Å². The minimum Gasteiger partial charge on any atom is -0.347 e. The van der Waals surface area contributed by atoms with Gasteiger partial charge in [0.25, 0.3) is 5.91 Å². The number of hydrogen-bond donors (Lipinski definition) is 1. The van der Waals surface area contributed by atoms with Crippen LogP contribution in [0.5, 0.6) is 0 Å². The lowest BCUT2D eigenvalue weighted by atomic mass is 10.1. The molecule has 1 amide bonds. The number of nitrogens with one attached hydrogen (secondary N) is 1. The second-order valence-corrected chi connectivity index (χ2v) is 11.0. The number of fused-ring (bicyclic) bond motifs is 1. The maximum atomic E-state index is 12.4. The van der Waals surface area contributed by atoms with Crippen molar-refractivity contribution >= 4 is 32.7 Å². The van der Waals surface area contributed by atoms with Gasteiger partial charge in [0.05, 0.1) is 23.7 Å². The number of aliphatic imine (C=N–C) groups is 1. The SMILES string of the molecule is N#C/C(=C\N=C1SC2CS(=O)(=O)CC2N1Cc1ccccc1)C(=O)NCc1ccccc1. The lowest BCUT2D eigenvalue weighted by Gasteiger charge is -2.24. The van der Waals surface area contributed by atoms with Gasteiger partial charge >= 0.3 is 0 Å². The van der Waals surface area contributed by atoms with Gasteiger partial charge in [-0.25, -0.2) is 13.4 Å². The Morgan fingerprint density at radius 3 is 2.44 bits per heavy atom. The van der Waals surface area contributed by atoms with Gasteiger partial charge in [0, 0.05) is 18.3 Å². The fourth-order valence-corrected chi connectivity index (χ4v) is 7.67. The van der Waals surface area contributed by atoms with Crippen LogP contribution in [0.1, 0.15) is 11.1 Å². The summed E-state index contributed by atoms with van der Waals surface area (Å²) in [6.45, 7) is 0.825. The van der Waals surface area contributed by atoms with E-state index in [1.807, 2.05) is 71.6 Å². The van der Waals surface area contributed by atoms with Crippen LogP contribution in [0, 0.1) is 11.3 Å². The quantitative estimate of drug-likeness (QED) is 0.518. The third kappa shape index (κ3) is 5.21. The average Bonchev–Trinajstić information content (AvgIpc) is 3.26. The smallest absolute Gasteiger partial charge is 0.263 e. The maximum absolute atomic E-state index is 12.4.